The fourth-order valence-corrected chi connectivity index (χ4v) is 6.28. The molecule has 0 bridgehead atoms. The number of aromatic nitrogens is 1. The van der Waals surface area contributed by atoms with Crippen LogP contribution in [0, 0.1) is 6.92 Å². The predicted molar refractivity (Wildman–Crippen MR) is 156 cm³/mol. The predicted octanol–water partition coefficient (Wildman–Crippen LogP) is 4.11. The minimum absolute atomic E-state index is 0.0704. The van der Waals surface area contributed by atoms with Crippen molar-refractivity contribution in [3.63, 3.8) is 0 Å². The number of aromatic amines is 1. The Bertz CT molecular complexity index is 1260. The summed E-state index contributed by atoms with van der Waals surface area (Å²) in [5, 5.41) is 4.21. The van der Waals surface area contributed by atoms with Gasteiger partial charge in [0.15, 0.2) is 0 Å². The number of piperazine rings is 1. The zero-order valence-corrected chi connectivity index (χ0v) is 23.5. The first-order valence-electron chi connectivity index (χ1n) is 14.6. The van der Waals surface area contributed by atoms with E-state index in [0.717, 1.165) is 59.8 Å². The Morgan fingerprint density at radius 1 is 0.974 bits per heavy atom. The number of H-pyrrole nitrogens is 1. The number of para-hydroxylation sites is 1. The van der Waals surface area contributed by atoms with E-state index in [-0.39, 0.29) is 11.8 Å². The number of benzene rings is 2. The lowest BCUT2D eigenvalue weighted by atomic mass is 9.94. The number of hydrogen-bond donors (Lipinski definition) is 2. The number of carbonyl (C=O) groups is 2. The van der Waals surface area contributed by atoms with Gasteiger partial charge >= 0.3 is 0 Å². The van der Waals surface area contributed by atoms with Crippen LogP contribution >= 0.6 is 0 Å². The number of nitrogens with zero attached hydrogens (tertiary/aromatic N) is 3. The Morgan fingerprint density at radius 3 is 2.46 bits per heavy atom. The third kappa shape index (κ3) is 6.89. The fourth-order valence-electron chi connectivity index (χ4n) is 6.28. The van der Waals surface area contributed by atoms with Crippen molar-refractivity contribution in [1.82, 2.24) is 25.0 Å². The quantitative estimate of drug-likeness (QED) is 0.438. The fraction of sp³-hybridized carbons (Fsp3) is 0.500. The van der Waals surface area contributed by atoms with E-state index in [1.165, 1.54) is 32.1 Å². The summed E-state index contributed by atoms with van der Waals surface area (Å²) in [6.07, 6.45) is 9.09. The van der Waals surface area contributed by atoms with Gasteiger partial charge < -0.3 is 15.2 Å². The van der Waals surface area contributed by atoms with Gasteiger partial charge in [0.25, 0.3) is 0 Å². The molecule has 1 saturated carbocycles. The summed E-state index contributed by atoms with van der Waals surface area (Å²) < 4.78 is 0. The van der Waals surface area contributed by atoms with Crippen LogP contribution in [0.3, 0.4) is 0 Å². The SMILES string of the molecule is Cc1ccccc1CN(C)C(=O)C(Cc1c[nH]c2ccccc12)NC(=O)CN1CCN(C2CCCCC2)CC1. The van der Waals surface area contributed by atoms with Gasteiger partial charge in [0.2, 0.25) is 11.8 Å². The van der Waals surface area contributed by atoms with Crippen molar-refractivity contribution in [1.29, 1.82) is 0 Å². The summed E-state index contributed by atoms with van der Waals surface area (Å²) in [7, 11) is 1.83. The van der Waals surface area contributed by atoms with Gasteiger partial charge in [0, 0.05) is 69.3 Å². The van der Waals surface area contributed by atoms with E-state index < -0.39 is 6.04 Å². The lowest BCUT2D eigenvalue weighted by Crippen LogP contribution is -2.55. The highest BCUT2D eigenvalue weighted by Gasteiger charge is 2.29. The molecular weight excluding hydrogens is 486 g/mol. The highest BCUT2D eigenvalue weighted by molar-refractivity contribution is 5.90. The molecule has 208 valence electrons. The van der Waals surface area contributed by atoms with Crippen molar-refractivity contribution in [3.8, 4) is 0 Å². The first-order valence-corrected chi connectivity index (χ1v) is 14.6. The number of likely N-dealkylation sites (N-methyl/N-ethyl adjacent to an activating group) is 1. The lowest BCUT2D eigenvalue weighted by molar-refractivity contribution is -0.136. The monoisotopic (exact) mass is 529 g/mol. The Hall–Kier alpha value is -3.16. The zero-order chi connectivity index (χ0) is 27.2. The van der Waals surface area contributed by atoms with Gasteiger partial charge in [-0.15, -0.1) is 0 Å². The molecule has 2 aliphatic rings. The molecule has 5 rings (SSSR count). The molecule has 1 aliphatic heterocycles. The molecule has 0 spiro atoms. The summed E-state index contributed by atoms with van der Waals surface area (Å²) in [5.74, 6) is -0.150. The second-order valence-electron chi connectivity index (χ2n) is 11.4. The largest absolute Gasteiger partial charge is 0.361 e. The normalized spacial score (nSPS) is 18.2. The van der Waals surface area contributed by atoms with Gasteiger partial charge in [-0.1, -0.05) is 61.7 Å². The second kappa shape index (κ2) is 12.8. The van der Waals surface area contributed by atoms with Crippen molar-refractivity contribution in [2.75, 3.05) is 39.8 Å². The van der Waals surface area contributed by atoms with Crippen LogP contribution in [-0.2, 0) is 22.6 Å². The van der Waals surface area contributed by atoms with Crippen LogP contribution in [0.4, 0.5) is 0 Å². The van der Waals surface area contributed by atoms with Crippen LogP contribution < -0.4 is 5.32 Å². The molecule has 2 fully saturated rings. The number of nitrogens with one attached hydrogen (secondary N) is 2. The smallest absolute Gasteiger partial charge is 0.245 e. The topological polar surface area (TPSA) is 71.7 Å². The zero-order valence-electron chi connectivity index (χ0n) is 23.5. The lowest BCUT2D eigenvalue weighted by Gasteiger charge is -2.40. The Balaban J connectivity index is 1.24. The maximum atomic E-state index is 13.7. The number of aryl methyl sites for hydroxylation is 1. The summed E-state index contributed by atoms with van der Waals surface area (Å²) in [6, 6.07) is 16.3. The van der Waals surface area contributed by atoms with Crippen molar-refractivity contribution >= 4 is 22.7 Å². The number of amides is 2. The molecule has 2 heterocycles. The number of hydrogen-bond acceptors (Lipinski definition) is 4. The van der Waals surface area contributed by atoms with E-state index in [4.69, 9.17) is 0 Å². The number of carbonyl (C=O) groups excluding carboxylic acids is 2. The van der Waals surface area contributed by atoms with E-state index >= 15 is 0 Å². The van der Waals surface area contributed by atoms with Crippen LogP contribution in [0.15, 0.2) is 54.7 Å². The van der Waals surface area contributed by atoms with Gasteiger partial charge in [-0.25, -0.2) is 0 Å². The van der Waals surface area contributed by atoms with Crippen LogP contribution in [0.2, 0.25) is 0 Å². The van der Waals surface area contributed by atoms with Gasteiger partial charge in [0.1, 0.15) is 6.04 Å². The van der Waals surface area contributed by atoms with E-state index in [1.54, 1.807) is 4.90 Å². The molecular formula is C32H43N5O2. The van der Waals surface area contributed by atoms with Gasteiger partial charge in [-0.05, 0) is 42.5 Å². The average molecular weight is 530 g/mol. The third-order valence-corrected chi connectivity index (χ3v) is 8.64. The highest BCUT2D eigenvalue weighted by Crippen LogP contribution is 2.24. The molecule has 7 heteroatoms. The Morgan fingerprint density at radius 2 is 1.69 bits per heavy atom. The van der Waals surface area contributed by atoms with Crippen molar-refractivity contribution in [2.24, 2.45) is 0 Å². The minimum atomic E-state index is -0.630. The molecule has 7 nitrogen and oxygen atoms in total. The molecule has 1 aromatic heterocycles. The summed E-state index contributed by atoms with van der Waals surface area (Å²) in [5.41, 5.74) is 4.34. The van der Waals surface area contributed by atoms with Crippen molar-refractivity contribution < 1.29 is 9.59 Å². The maximum Gasteiger partial charge on any atom is 0.245 e. The molecule has 39 heavy (non-hydrogen) atoms. The Labute approximate surface area is 232 Å². The average Bonchev–Trinajstić information content (AvgIpc) is 3.37. The van der Waals surface area contributed by atoms with Crippen LogP contribution in [0.25, 0.3) is 10.9 Å². The van der Waals surface area contributed by atoms with Crippen molar-refractivity contribution in [2.45, 2.75) is 64.1 Å². The van der Waals surface area contributed by atoms with E-state index in [1.807, 2.05) is 43.6 Å². The maximum absolute atomic E-state index is 13.7. The molecule has 2 N–H and O–H groups in total. The molecule has 1 aliphatic carbocycles. The van der Waals surface area contributed by atoms with E-state index in [9.17, 15) is 9.59 Å². The first-order chi connectivity index (χ1) is 19.0. The van der Waals surface area contributed by atoms with Crippen LogP contribution in [0.1, 0.15) is 48.8 Å². The number of fused-ring (bicyclic) bond motifs is 1. The number of rotatable bonds is 9. The first kappa shape index (κ1) is 27.4. The molecule has 3 aromatic rings. The molecule has 1 atom stereocenters. The summed E-state index contributed by atoms with van der Waals surface area (Å²) in [4.78, 5) is 36.9. The standard InChI is InChI=1S/C32H43N5O2/c1-24-10-6-7-11-25(24)22-35(2)32(39)30(20-26-21-33-29-15-9-8-14-28(26)29)34-31(38)23-36-16-18-37(19-17-36)27-12-4-3-5-13-27/h6-11,14-15,21,27,30,33H,3-5,12-13,16-20,22-23H2,1-2H3,(H,34,38). The van der Waals surface area contributed by atoms with Gasteiger partial charge in [0.05, 0.1) is 6.54 Å². The third-order valence-electron chi connectivity index (χ3n) is 8.64. The van der Waals surface area contributed by atoms with E-state index in [2.05, 4.69) is 45.2 Å². The van der Waals surface area contributed by atoms with Crippen molar-refractivity contribution in [3.05, 3.63) is 71.4 Å². The van der Waals surface area contributed by atoms with E-state index in [0.29, 0.717) is 19.5 Å². The van der Waals surface area contributed by atoms with Gasteiger partial charge in [-0.2, -0.15) is 0 Å². The Kier molecular flexibility index (Phi) is 8.99. The second-order valence-corrected chi connectivity index (χ2v) is 11.4. The highest BCUT2D eigenvalue weighted by atomic mass is 16.2. The van der Waals surface area contributed by atoms with Gasteiger partial charge in [-0.3, -0.25) is 19.4 Å². The summed E-state index contributed by atoms with van der Waals surface area (Å²) >= 11 is 0. The molecule has 0 radical (unpaired) electrons. The minimum Gasteiger partial charge on any atom is -0.361 e. The summed E-state index contributed by atoms with van der Waals surface area (Å²) in [6.45, 7) is 6.75. The molecule has 1 unspecified atom stereocenters. The van der Waals surface area contributed by atoms with Crippen LogP contribution in [-0.4, -0.2) is 83.4 Å². The molecule has 1 saturated heterocycles. The molecule has 2 amide bonds. The molecule has 2 aromatic carbocycles. The van der Waals surface area contributed by atoms with Crippen LogP contribution in [0.5, 0.6) is 0 Å².